The zero-order valence-electron chi connectivity index (χ0n) is 10.5. The first-order chi connectivity index (χ1) is 8.68. The molecule has 1 aliphatic rings. The quantitative estimate of drug-likeness (QED) is 0.890. The fourth-order valence-electron chi connectivity index (χ4n) is 2.49. The van der Waals surface area contributed by atoms with Crippen LogP contribution in [-0.2, 0) is 14.9 Å². The van der Waals surface area contributed by atoms with Gasteiger partial charge in [-0.05, 0) is 24.5 Å². The molecule has 0 radical (unpaired) electrons. The van der Waals surface area contributed by atoms with Crippen LogP contribution in [0, 0.1) is 0 Å². The smallest absolute Gasteiger partial charge is 0.246 e. The fourth-order valence-corrected chi connectivity index (χ4v) is 2.82. The lowest BCUT2D eigenvalue weighted by molar-refractivity contribution is -0.125. The average molecular weight is 268 g/mol. The van der Waals surface area contributed by atoms with Gasteiger partial charge in [-0.25, -0.2) is 0 Å². The van der Waals surface area contributed by atoms with Gasteiger partial charge in [0.15, 0.2) is 0 Å². The van der Waals surface area contributed by atoms with Crippen molar-refractivity contribution in [1.29, 1.82) is 0 Å². The molecule has 0 bridgehead atoms. The van der Waals surface area contributed by atoms with Gasteiger partial charge in [0.2, 0.25) is 5.91 Å². The molecule has 0 unspecified atom stereocenters. The first-order valence-electron chi connectivity index (χ1n) is 6.19. The second-order valence-corrected chi connectivity index (χ2v) is 5.23. The van der Waals surface area contributed by atoms with Crippen LogP contribution in [0.4, 0.5) is 0 Å². The maximum atomic E-state index is 11.5. The number of carbonyl (C=O) groups excluding carboxylic acids is 1. The summed E-state index contributed by atoms with van der Waals surface area (Å²) in [7, 11) is 1.52. The summed E-state index contributed by atoms with van der Waals surface area (Å²) in [5.41, 5.74) is 1.16. The number of ether oxygens (including phenoxy) is 1. The Morgan fingerprint density at radius 1 is 1.44 bits per heavy atom. The van der Waals surface area contributed by atoms with Crippen LogP contribution in [0.25, 0.3) is 0 Å². The van der Waals surface area contributed by atoms with Crippen LogP contribution in [0.3, 0.4) is 0 Å². The predicted octanol–water partition coefficient (Wildman–Crippen LogP) is 2.52. The van der Waals surface area contributed by atoms with Crippen LogP contribution in [0.15, 0.2) is 24.3 Å². The number of hydrogen-bond donors (Lipinski definition) is 1. The summed E-state index contributed by atoms with van der Waals surface area (Å²) in [6, 6.07) is 7.90. The third-order valence-corrected chi connectivity index (χ3v) is 3.98. The fraction of sp³-hybridized carbons (Fsp3) is 0.500. The highest BCUT2D eigenvalue weighted by Crippen LogP contribution is 2.45. The van der Waals surface area contributed by atoms with E-state index < -0.39 is 0 Å². The summed E-state index contributed by atoms with van der Waals surface area (Å²) in [4.78, 5) is 11.5. The van der Waals surface area contributed by atoms with Gasteiger partial charge in [-0.15, -0.1) is 0 Å². The van der Waals surface area contributed by atoms with Gasteiger partial charge in [-0.2, -0.15) is 0 Å². The predicted molar refractivity (Wildman–Crippen MR) is 71.9 cm³/mol. The van der Waals surface area contributed by atoms with E-state index in [1.807, 2.05) is 18.2 Å². The zero-order valence-corrected chi connectivity index (χ0v) is 11.3. The van der Waals surface area contributed by atoms with Crippen molar-refractivity contribution in [3.63, 3.8) is 0 Å². The number of nitrogens with one attached hydrogen (secondary N) is 1. The Morgan fingerprint density at radius 3 is 2.72 bits per heavy atom. The maximum absolute atomic E-state index is 11.5. The average Bonchev–Trinajstić information content (AvgIpc) is 2.30. The zero-order chi connectivity index (χ0) is 13.0. The first-order valence-corrected chi connectivity index (χ1v) is 6.56. The Balaban J connectivity index is 2.07. The van der Waals surface area contributed by atoms with Crippen molar-refractivity contribution in [3.05, 3.63) is 34.9 Å². The number of rotatable bonds is 5. The molecule has 4 heteroatoms. The van der Waals surface area contributed by atoms with Crippen LogP contribution in [0.5, 0.6) is 0 Å². The van der Waals surface area contributed by atoms with Crippen molar-refractivity contribution in [2.24, 2.45) is 0 Å². The van der Waals surface area contributed by atoms with E-state index in [2.05, 4.69) is 11.4 Å². The molecular weight excluding hydrogens is 250 g/mol. The Bertz CT molecular complexity index is 430. The molecule has 2 rings (SSSR count). The van der Waals surface area contributed by atoms with Gasteiger partial charge in [0.1, 0.15) is 6.61 Å². The monoisotopic (exact) mass is 267 g/mol. The van der Waals surface area contributed by atoms with Crippen molar-refractivity contribution in [2.75, 3.05) is 20.3 Å². The lowest BCUT2D eigenvalue weighted by Gasteiger charge is -2.43. The molecule has 0 aromatic heterocycles. The van der Waals surface area contributed by atoms with E-state index in [1.54, 1.807) is 0 Å². The molecule has 3 nitrogen and oxygen atoms in total. The molecule has 0 spiro atoms. The van der Waals surface area contributed by atoms with Crippen LogP contribution in [-0.4, -0.2) is 26.2 Å². The first kappa shape index (κ1) is 13.4. The van der Waals surface area contributed by atoms with Crippen LogP contribution in [0.1, 0.15) is 24.8 Å². The molecule has 0 aliphatic heterocycles. The van der Waals surface area contributed by atoms with Crippen LogP contribution >= 0.6 is 11.6 Å². The van der Waals surface area contributed by atoms with Crippen LogP contribution < -0.4 is 5.32 Å². The number of benzene rings is 1. The summed E-state index contributed by atoms with van der Waals surface area (Å²) >= 11 is 6.26. The number of carbonyl (C=O) groups is 1. The third-order valence-electron chi connectivity index (χ3n) is 3.66. The number of methoxy groups -OCH3 is 1. The van der Waals surface area contributed by atoms with E-state index in [0.717, 1.165) is 23.4 Å². The van der Waals surface area contributed by atoms with Crippen molar-refractivity contribution >= 4 is 17.5 Å². The SMILES string of the molecule is COCC(=O)NCC1(c2ccccc2Cl)CCC1. The van der Waals surface area contributed by atoms with E-state index in [9.17, 15) is 4.79 Å². The number of amides is 1. The summed E-state index contributed by atoms with van der Waals surface area (Å²) in [6.07, 6.45) is 3.33. The Hall–Kier alpha value is -1.06. The molecule has 0 atom stereocenters. The summed E-state index contributed by atoms with van der Waals surface area (Å²) < 4.78 is 4.81. The number of hydrogen-bond acceptors (Lipinski definition) is 2. The highest BCUT2D eigenvalue weighted by molar-refractivity contribution is 6.31. The molecule has 0 heterocycles. The van der Waals surface area contributed by atoms with Crippen molar-refractivity contribution < 1.29 is 9.53 Å². The molecule has 1 N–H and O–H groups in total. The van der Waals surface area contributed by atoms with Crippen molar-refractivity contribution in [2.45, 2.75) is 24.7 Å². The molecule has 18 heavy (non-hydrogen) atoms. The lowest BCUT2D eigenvalue weighted by atomic mass is 9.64. The minimum atomic E-state index is -0.0733. The van der Waals surface area contributed by atoms with Crippen molar-refractivity contribution in [1.82, 2.24) is 5.32 Å². The lowest BCUT2D eigenvalue weighted by Crippen LogP contribution is -2.46. The normalized spacial score (nSPS) is 17.0. The molecule has 1 aromatic carbocycles. The van der Waals surface area contributed by atoms with E-state index in [4.69, 9.17) is 16.3 Å². The highest BCUT2D eigenvalue weighted by Gasteiger charge is 2.40. The topological polar surface area (TPSA) is 38.3 Å². The molecule has 1 amide bonds. The second kappa shape index (κ2) is 5.72. The largest absolute Gasteiger partial charge is 0.375 e. The molecule has 1 saturated carbocycles. The van der Waals surface area contributed by atoms with E-state index in [-0.39, 0.29) is 17.9 Å². The van der Waals surface area contributed by atoms with Gasteiger partial charge in [0.25, 0.3) is 0 Å². The number of halogens is 1. The Labute approximate surface area is 112 Å². The van der Waals surface area contributed by atoms with Gasteiger partial charge in [0.05, 0.1) is 0 Å². The van der Waals surface area contributed by atoms with E-state index in [0.29, 0.717) is 6.54 Å². The molecular formula is C14H18ClNO2. The molecule has 1 aromatic rings. The minimum Gasteiger partial charge on any atom is -0.375 e. The summed E-state index contributed by atoms with van der Waals surface area (Å²) in [5.74, 6) is -0.0733. The van der Waals surface area contributed by atoms with Gasteiger partial charge in [-0.1, -0.05) is 36.2 Å². The minimum absolute atomic E-state index is 0.0156. The summed E-state index contributed by atoms with van der Waals surface area (Å²) in [6.45, 7) is 0.748. The second-order valence-electron chi connectivity index (χ2n) is 4.82. The molecule has 98 valence electrons. The third kappa shape index (κ3) is 2.68. The van der Waals surface area contributed by atoms with Gasteiger partial charge >= 0.3 is 0 Å². The van der Waals surface area contributed by atoms with Crippen molar-refractivity contribution in [3.8, 4) is 0 Å². The Kier molecular flexibility index (Phi) is 4.25. The van der Waals surface area contributed by atoms with Gasteiger partial charge in [0, 0.05) is 24.1 Å². The van der Waals surface area contributed by atoms with Gasteiger partial charge < -0.3 is 10.1 Å². The van der Waals surface area contributed by atoms with Crippen LogP contribution in [0.2, 0.25) is 5.02 Å². The maximum Gasteiger partial charge on any atom is 0.246 e. The Morgan fingerprint density at radius 2 is 2.17 bits per heavy atom. The standard InChI is InChI=1S/C14H18ClNO2/c1-18-9-13(17)16-10-14(7-4-8-14)11-5-2-3-6-12(11)15/h2-3,5-6H,4,7-10H2,1H3,(H,16,17). The molecule has 1 fully saturated rings. The molecule has 1 aliphatic carbocycles. The molecule has 0 saturated heterocycles. The summed E-state index contributed by atoms with van der Waals surface area (Å²) in [5, 5.41) is 3.72. The van der Waals surface area contributed by atoms with E-state index >= 15 is 0 Å². The van der Waals surface area contributed by atoms with E-state index in [1.165, 1.54) is 13.5 Å². The van der Waals surface area contributed by atoms with Gasteiger partial charge in [-0.3, -0.25) is 4.79 Å². The highest BCUT2D eigenvalue weighted by atomic mass is 35.5.